The molecule has 0 bridgehead atoms. The summed E-state index contributed by atoms with van der Waals surface area (Å²) in [5.41, 5.74) is 3.03. The standard InChI is InChI=1S/C28H20ClFN2O4S2/c1-14-2-4-15(5-3-14)13-36-20-11-6-16(29)12-19(20)21-22-24(37-25-23(21)38-28(35)31-25)27(34)32(26(22)33)18-9-7-17(30)8-10-18/h2-12,21-22,24H,13H2,1H3,(H,31,35)/t21-,22?,24?/m1/s1. The number of benzene rings is 3. The van der Waals surface area contributed by atoms with Crippen molar-refractivity contribution in [2.45, 2.75) is 29.7 Å². The number of H-pyrrole nitrogens is 1. The van der Waals surface area contributed by atoms with Crippen LogP contribution < -0.4 is 14.5 Å². The van der Waals surface area contributed by atoms with E-state index in [4.69, 9.17) is 16.3 Å². The highest BCUT2D eigenvalue weighted by Crippen LogP contribution is 2.54. The molecule has 3 heterocycles. The molecule has 2 amide bonds. The van der Waals surface area contributed by atoms with Gasteiger partial charge in [0.1, 0.15) is 23.4 Å². The van der Waals surface area contributed by atoms with E-state index < -0.39 is 34.7 Å². The number of carbonyl (C=O) groups is 2. The average Bonchev–Trinajstić information content (AvgIpc) is 3.39. The van der Waals surface area contributed by atoms with Gasteiger partial charge in [0.2, 0.25) is 11.8 Å². The molecular weight excluding hydrogens is 547 g/mol. The van der Waals surface area contributed by atoms with Gasteiger partial charge in [-0.1, -0.05) is 64.5 Å². The maximum absolute atomic E-state index is 13.9. The number of amides is 2. The van der Waals surface area contributed by atoms with Gasteiger partial charge in [-0.3, -0.25) is 14.4 Å². The Kier molecular flexibility index (Phi) is 6.37. The second kappa shape index (κ2) is 9.72. The molecule has 0 spiro atoms. The summed E-state index contributed by atoms with van der Waals surface area (Å²) in [6.07, 6.45) is 0. The molecule has 0 aliphatic carbocycles. The third kappa shape index (κ3) is 4.34. The van der Waals surface area contributed by atoms with Gasteiger partial charge >= 0.3 is 4.87 Å². The second-order valence-corrected chi connectivity index (χ2v) is 11.8. The zero-order valence-corrected chi connectivity index (χ0v) is 22.3. The molecular formula is C28H20ClFN2O4S2. The van der Waals surface area contributed by atoms with Crippen LogP contribution in [0.2, 0.25) is 5.02 Å². The number of halogens is 2. The monoisotopic (exact) mass is 566 g/mol. The van der Waals surface area contributed by atoms with Crippen LogP contribution in [0.15, 0.2) is 76.6 Å². The van der Waals surface area contributed by atoms with Crippen molar-refractivity contribution in [2.75, 3.05) is 4.90 Å². The molecule has 192 valence electrons. The summed E-state index contributed by atoms with van der Waals surface area (Å²) >= 11 is 8.62. The summed E-state index contributed by atoms with van der Waals surface area (Å²) in [5.74, 6) is -2.24. The number of aromatic nitrogens is 1. The van der Waals surface area contributed by atoms with E-state index in [1.54, 1.807) is 18.2 Å². The van der Waals surface area contributed by atoms with Crippen molar-refractivity contribution >= 4 is 52.2 Å². The van der Waals surface area contributed by atoms with E-state index in [-0.39, 0.29) is 11.5 Å². The molecule has 2 unspecified atom stereocenters. The van der Waals surface area contributed by atoms with Crippen molar-refractivity contribution in [3.05, 3.63) is 109 Å². The van der Waals surface area contributed by atoms with E-state index in [1.807, 2.05) is 31.2 Å². The number of aromatic amines is 1. The number of hydrogen-bond donors (Lipinski definition) is 1. The molecule has 1 saturated heterocycles. The molecule has 3 aromatic carbocycles. The molecule has 0 radical (unpaired) electrons. The quantitative estimate of drug-likeness (QED) is 0.304. The minimum Gasteiger partial charge on any atom is -0.489 e. The van der Waals surface area contributed by atoms with Gasteiger partial charge in [0, 0.05) is 21.4 Å². The molecule has 1 aromatic heterocycles. The SMILES string of the molecule is Cc1ccc(COc2ccc(Cl)cc2[C@H]2c3sc(=O)[nH]c3SC3C(=O)N(c4ccc(F)cc4)C(=O)C32)cc1. The lowest BCUT2D eigenvalue weighted by atomic mass is 9.82. The molecule has 6 rings (SSSR count). The third-order valence-electron chi connectivity index (χ3n) is 6.73. The van der Waals surface area contributed by atoms with Crippen molar-refractivity contribution in [3.8, 4) is 5.75 Å². The van der Waals surface area contributed by atoms with Gasteiger partial charge in [0.05, 0.1) is 16.6 Å². The average molecular weight is 567 g/mol. The first-order chi connectivity index (χ1) is 18.3. The van der Waals surface area contributed by atoms with Crippen LogP contribution in [0.25, 0.3) is 0 Å². The molecule has 6 nitrogen and oxygen atoms in total. The summed E-state index contributed by atoms with van der Waals surface area (Å²) in [6.45, 7) is 2.30. The summed E-state index contributed by atoms with van der Waals surface area (Å²) < 4.78 is 19.8. The van der Waals surface area contributed by atoms with Crippen LogP contribution in [0.1, 0.15) is 27.5 Å². The molecule has 2 aliphatic rings. The van der Waals surface area contributed by atoms with Crippen LogP contribution in [-0.2, 0) is 16.2 Å². The Morgan fingerprint density at radius 3 is 2.47 bits per heavy atom. The number of carbonyl (C=O) groups excluding carboxylic acids is 2. The maximum atomic E-state index is 13.9. The van der Waals surface area contributed by atoms with Gasteiger partial charge in [0.25, 0.3) is 0 Å². The number of ether oxygens (including phenoxy) is 1. The van der Waals surface area contributed by atoms with Crippen molar-refractivity contribution in [2.24, 2.45) is 5.92 Å². The molecule has 3 atom stereocenters. The van der Waals surface area contributed by atoms with E-state index in [0.29, 0.717) is 31.9 Å². The van der Waals surface area contributed by atoms with Gasteiger partial charge < -0.3 is 9.72 Å². The highest BCUT2D eigenvalue weighted by molar-refractivity contribution is 8.00. The molecule has 38 heavy (non-hydrogen) atoms. The number of aryl methyl sites for hydroxylation is 1. The number of nitrogens with one attached hydrogen (secondary N) is 1. The zero-order valence-electron chi connectivity index (χ0n) is 19.9. The van der Waals surface area contributed by atoms with Crippen molar-refractivity contribution in [1.82, 2.24) is 4.98 Å². The predicted octanol–water partition coefficient (Wildman–Crippen LogP) is 5.91. The molecule has 1 fully saturated rings. The van der Waals surface area contributed by atoms with Crippen LogP contribution >= 0.6 is 34.7 Å². The highest BCUT2D eigenvalue weighted by Gasteiger charge is 2.56. The molecule has 0 saturated carbocycles. The first kappa shape index (κ1) is 24.9. The third-order valence-corrected chi connectivity index (χ3v) is 9.37. The summed E-state index contributed by atoms with van der Waals surface area (Å²) in [4.78, 5) is 44.2. The first-order valence-corrected chi connectivity index (χ1v) is 13.9. The van der Waals surface area contributed by atoms with Gasteiger partial charge in [-0.2, -0.15) is 0 Å². The van der Waals surface area contributed by atoms with Crippen LogP contribution in [0.4, 0.5) is 10.1 Å². The number of thioether (sulfide) groups is 1. The van der Waals surface area contributed by atoms with E-state index in [2.05, 4.69) is 4.98 Å². The molecule has 1 N–H and O–H groups in total. The van der Waals surface area contributed by atoms with Gasteiger partial charge in [0.15, 0.2) is 0 Å². The lowest BCUT2D eigenvalue weighted by molar-refractivity contribution is -0.122. The number of thiazole rings is 1. The fourth-order valence-corrected chi connectivity index (χ4v) is 7.62. The number of anilines is 1. The lowest BCUT2D eigenvalue weighted by Crippen LogP contribution is -2.32. The van der Waals surface area contributed by atoms with Crippen LogP contribution in [0.3, 0.4) is 0 Å². The smallest absolute Gasteiger partial charge is 0.305 e. The van der Waals surface area contributed by atoms with Crippen molar-refractivity contribution in [1.29, 1.82) is 0 Å². The van der Waals surface area contributed by atoms with E-state index in [0.717, 1.165) is 27.4 Å². The number of imide groups is 1. The van der Waals surface area contributed by atoms with Crippen LogP contribution in [-0.4, -0.2) is 22.0 Å². The second-order valence-electron chi connectivity index (χ2n) is 9.19. The maximum Gasteiger partial charge on any atom is 0.305 e. The fourth-order valence-electron chi connectivity index (χ4n) is 4.94. The Bertz CT molecular complexity index is 1620. The lowest BCUT2D eigenvalue weighted by Gasteiger charge is -2.31. The Balaban J connectivity index is 1.44. The van der Waals surface area contributed by atoms with Crippen LogP contribution in [0, 0.1) is 18.7 Å². The Hall–Kier alpha value is -3.40. The van der Waals surface area contributed by atoms with Crippen molar-refractivity contribution < 1.29 is 18.7 Å². The minimum absolute atomic E-state index is 0.271. The minimum atomic E-state index is -0.809. The summed E-state index contributed by atoms with van der Waals surface area (Å²) in [6, 6.07) is 18.4. The number of hydrogen-bond acceptors (Lipinski definition) is 6. The van der Waals surface area contributed by atoms with E-state index in [9.17, 15) is 18.8 Å². The number of nitrogens with zero attached hydrogens (tertiary/aromatic N) is 1. The normalized spacial score (nSPS) is 20.4. The molecule has 4 aromatic rings. The Morgan fingerprint density at radius 1 is 1.00 bits per heavy atom. The van der Waals surface area contributed by atoms with E-state index >= 15 is 0 Å². The first-order valence-electron chi connectivity index (χ1n) is 11.8. The summed E-state index contributed by atoms with van der Waals surface area (Å²) in [5, 5.41) is 0.214. The van der Waals surface area contributed by atoms with E-state index in [1.165, 1.54) is 36.0 Å². The number of fused-ring (bicyclic) bond motifs is 2. The highest BCUT2D eigenvalue weighted by atomic mass is 35.5. The van der Waals surface area contributed by atoms with Gasteiger partial charge in [-0.15, -0.1) is 0 Å². The number of rotatable bonds is 5. The Labute approximate surface area is 230 Å². The summed E-state index contributed by atoms with van der Waals surface area (Å²) in [7, 11) is 0. The van der Waals surface area contributed by atoms with Crippen LogP contribution in [0.5, 0.6) is 5.75 Å². The topological polar surface area (TPSA) is 79.5 Å². The largest absolute Gasteiger partial charge is 0.489 e. The molecule has 10 heteroatoms. The fraction of sp³-hybridized carbons (Fsp3) is 0.179. The van der Waals surface area contributed by atoms with Gasteiger partial charge in [-0.25, -0.2) is 9.29 Å². The Morgan fingerprint density at radius 2 is 1.74 bits per heavy atom. The van der Waals surface area contributed by atoms with Gasteiger partial charge in [-0.05, 0) is 55.0 Å². The van der Waals surface area contributed by atoms with Crippen molar-refractivity contribution in [3.63, 3.8) is 0 Å². The molecule has 2 aliphatic heterocycles. The zero-order chi connectivity index (χ0) is 26.6. The predicted molar refractivity (Wildman–Crippen MR) is 146 cm³/mol.